The molecule has 0 spiro atoms. The second-order valence-electron chi connectivity index (χ2n) is 3.78. The second kappa shape index (κ2) is 4.95. The number of nitrogens with two attached hydrogens (primary N) is 1. The number of nitrogens with zero attached hydrogens (tertiary/aromatic N) is 1. The highest BCUT2D eigenvalue weighted by atomic mass is 19.4. The van der Waals surface area contributed by atoms with Crippen molar-refractivity contribution in [2.24, 2.45) is 0 Å². The van der Waals surface area contributed by atoms with Crippen molar-refractivity contribution in [2.45, 2.75) is 25.6 Å². The third kappa shape index (κ3) is 4.23. The lowest BCUT2D eigenvalue weighted by molar-refractivity contribution is -0.136. The van der Waals surface area contributed by atoms with Gasteiger partial charge < -0.3 is 11.1 Å². The number of nitriles is 1. The normalized spacial score (nSPS) is 12.9. The molecule has 6 heteroatoms. The van der Waals surface area contributed by atoms with Gasteiger partial charge >= 0.3 is 6.18 Å². The predicted octanol–water partition coefficient (Wildman–Crippen LogP) is 2.89. The first-order valence-electron chi connectivity index (χ1n) is 4.95. The van der Waals surface area contributed by atoms with E-state index in [9.17, 15) is 13.2 Å². The Morgan fingerprint density at radius 2 is 2.12 bits per heavy atom. The van der Waals surface area contributed by atoms with Crippen LogP contribution in [0, 0.1) is 11.3 Å². The molecular formula is C11H12F3N3. The van der Waals surface area contributed by atoms with Crippen LogP contribution in [0.4, 0.5) is 24.5 Å². The fraction of sp³-hybridized carbons (Fsp3) is 0.364. The summed E-state index contributed by atoms with van der Waals surface area (Å²) in [7, 11) is 0. The molecule has 1 aromatic rings. The molecule has 1 rings (SSSR count). The Labute approximate surface area is 97.0 Å². The van der Waals surface area contributed by atoms with E-state index >= 15 is 0 Å². The summed E-state index contributed by atoms with van der Waals surface area (Å²) in [5.41, 5.74) is 6.47. The monoisotopic (exact) mass is 243 g/mol. The summed E-state index contributed by atoms with van der Waals surface area (Å²) >= 11 is 0. The van der Waals surface area contributed by atoms with Crippen LogP contribution in [-0.4, -0.2) is 12.2 Å². The van der Waals surface area contributed by atoms with Crippen LogP contribution in [0.25, 0.3) is 0 Å². The average Bonchev–Trinajstić information content (AvgIpc) is 2.17. The number of hydrogen-bond donors (Lipinski definition) is 2. The highest BCUT2D eigenvalue weighted by molar-refractivity contribution is 5.63. The molecule has 0 bridgehead atoms. The van der Waals surface area contributed by atoms with Crippen LogP contribution < -0.4 is 11.1 Å². The molecular weight excluding hydrogens is 231 g/mol. The Morgan fingerprint density at radius 1 is 1.47 bits per heavy atom. The molecule has 0 aromatic heterocycles. The molecule has 1 unspecified atom stereocenters. The average molecular weight is 243 g/mol. The van der Waals surface area contributed by atoms with Gasteiger partial charge in [-0.3, -0.25) is 0 Å². The summed E-state index contributed by atoms with van der Waals surface area (Å²) in [5, 5.41) is 11.5. The van der Waals surface area contributed by atoms with Crippen LogP contribution in [0.15, 0.2) is 18.2 Å². The van der Waals surface area contributed by atoms with Gasteiger partial charge in [-0.15, -0.1) is 0 Å². The van der Waals surface area contributed by atoms with Crippen LogP contribution >= 0.6 is 0 Å². The molecule has 92 valence electrons. The predicted molar refractivity (Wildman–Crippen MR) is 59.3 cm³/mol. The maximum absolute atomic E-state index is 12.1. The Bertz CT molecular complexity index is 435. The number of rotatable bonds is 3. The van der Waals surface area contributed by atoms with E-state index in [1.54, 1.807) is 0 Å². The molecule has 3 N–H and O–H groups in total. The van der Waals surface area contributed by atoms with E-state index in [0.29, 0.717) is 11.4 Å². The van der Waals surface area contributed by atoms with Gasteiger partial charge in [-0.05, 0) is 25.1 Å². The van der Waals surface area contributed by atoms with Crippen LogP contribution in [0.2, 0.25) is 0 Å². The van der Waals surface area contributed by atoms with Gasteiger partial charge in [-0.25, -0.2) is 0 Å². The number of nitrogens with one attached hydrogen (secondary N) is 1. The maximum Gasteiger partial charge on any atom is 0.391 e. The van der Waals surface area contributed by atoms with E-state index in [0.717, 1.165) is 0 Å². The molecule has 1 atom stereocenters. The minimum atomic E-state index is -4.23. The molecule has 17 heavy (non-hydrogen) atoms. The van der Waals surface area contributed by atoms with Crippen LogP contribution in [0.3, 0.4) is 0 Å². The van der Waals surface area contributed by atoms with Gasteiger partial charge in [0.1, 0.15) is 6.07 Å². The number of halogens is 3. The highest BCUT2D eigenvalue weighted by Crippen LogP contribution is 2.25. The first-order chi connectivity index (χ1) is 7.81. The van der Waals surface area contributed by atoms with Crippen molar-refractivity contribution >= 4 is 11.4 Å². The highest BCUT2D eigenvalue weighted by Gasteiger charge is 2.30. The molecule has 3 nitrogen and oxygen atoms in total. The van der Waals surface area contributed by atoms with Gasteiger partial charge in [0.25, 0.3) is 0 Å². The Kier molecular flexibility index (Phi) is 3.84. The lowest BCUT2D eigenvalue weighted by atomic mass is 10.1. The molecule has 1 aromatic carbocycles. The Morgan fingerprint density at radius 3 is 2.65 bits per heavy atom. The van der Waals surface area contributed by atoms with Crippen LogP contribution in [0.1, 0.15) is 18.9 Å². The Hall–Kier alpha value is -1.90. The molecule has 0 aliphatic heterocycles. The number of alkyl halides is 3. The van der Waals surface area contributed by atoms with Crippen molar-refractivity contribution in [1.82, 2.24) is 0 Å². The van der Waals surface area contributed by atoms with Gasteiger partial charge in [0.2, 0.25) is 0 Å². The quantitative estimate of drug-likeness (QED) is 0.802. The largest absolute Gasteiger partial charge is 0.399 e. The van der Waals surface area contributed by atoms with Crippen LogP contribution in [0.5, 0.6) is 0 Å². The number of hydrogen-bond acceptors (Lipinski definition) is 3. The molecule has 0 fully saturated rings. The van der Waals surface area contributed by atoms with Gasteiger partial charge in [0.05, 0.1) is 17.7 Å². The van der Waals surface area contributed by atoms with Crippen molar-refractivity contribution in [2.75, 3.05) is 11.1 Å². The molecule has 0 radical (unpaired) electrons. The molecule has 0 heterocycles. The van der Waals surface area contributed by atoms with E-state index in [1.165, 1.54) is 25.1 Å². The summed E-state index contributed by atoms with van der Waals surface area (Å²) in [6.45, 7) is 1.41. The molecule has 0 aliphatic rings. The van der Waals surface area contributed by atoms with Crippen molar-refractivity contribution in [3.05, 3.63) is 23.8 Å². The minimum absolute atomic E-state index is 0.235. The molecule has 0 saturated carbocycles. The van der Waals surface area contributed by atoms with Gasteiger partial charge in [0, 0.05) is 11.7 Å². The summed E-state index contributed by atoms with van der Waals surface area (Å²) < 4.78 is 36.4. The van der Waals surface area contributed by atoms with E-state index < -0.39 is 18.6 Å². The maximum atomic E-state index is 12.1. The smallest absolute Gasteiger partial charge is 0.391 e. The van der Waals surface area contributed by atoms with Gasteiger partial charge in [-0.1, -0.05) is 0 Å². The van der Waals surface area contributed by atoms with E-state index in [4.69, 9.17) is 11.0 Å². The summed E-state index contributed by atoms with van der Waals surface area (Å²) in [6.07, 6.45) is -5.19. The Balaban J connectivity index is 2.79. The summed E-state index contributed by atoms with van der Waals surface area (Å²) in [5.74, 6) is 0. The van der Waals surface area contributed by atoms with Gasteiger partial charge in [-0.2, -0.15) is 18.4 Å². The fourth-order valence-electron chi connectivity index (χ4n) is 1.44. The number of anilines is 2. The zero-order chi connectivity index (χ0) is 13.1. The molecule has 0 saturated heterocycles. The van der Waals surface area contributed by atoms with Gasteiger partial charge in [0.15, 0.2) is 0 Å². The van der Waals surface area contributed by atoms with Crippen molar-refractivity contribution < 1.29 is 13.2 Å². The molecule has 0 amide bonds. The van der Waals surface area contributed by atoms with E-state index in [1.807, 2.05) is 6.07 Å². The topological polar surface area (TPSA) is 61.8 Å². The van der Waals surface area contributed by atoms with Crippen LogP contribution in [-0.2, 0) is 0 Å². The zero-order valence-electron chi connectivity index (χ0n) is 9.17. The zero-order valence-corrected chi connectivity index (χ0v) is 9.17. The first kappa shape index (κ1) is 13.2. The first-order valence-corrected chi connectivity index (χ1v) is 4.95. The van der Waals surface area contributed by atoms with Crippen molar-refractivity contribution in [3.8, 4) is 6.07 Å². The van der Waals surface area contributed by atoms with E-state index in [2.05, 4.69) is 5.32 Å². The van der Waals surface area contributed by atoms with Crippen molar-refractivity contribution in [3.63, 3.8) is 0 Å². The third-order valence-electron chi connectivity index (χ3n) is 2.10. The lowest BCUT2D eigenvalue weighted by Gasteiger charge is -2.17. The third-order valence-corrected chi connectivity index (χ3v) is 2.10. The number of benzene rings is 1. The second-order valence-corrected chi connectivity index (χ2v) is 3.78. The fourth-order valence-corrected chi connectivity index (χ4v) is 1.44. The van der Waals surface area contributed by atoms with E-state index in [-0.39, 0.29) is 5.56 Å². The summed E-state index contributed by atoms with van der Waals surface area (Å²) in [6, 6.07) is 5.53. The summed E-state index contributed by atoms with van der Waals surface area (Å²) in [4.78, 5) is 0. The number of nitrogen functional groups attached to an aromatic ring is 1. The minimum Gasteiger partial charge on any atom is -0.399 e. The standard InChI is InChI=1S/C11H12F3N3/c1-7(5-11(12,13)14)17-10-3-2-9(16)4-8(10)6-15/h2-4,7,17H,5,16H2,1H3. The lowest BCUT2D eigenvalue weighted by Crippen LogP contribution is -2.24. The molecule has 0 aliphatic carbocycles. The SMILES string of the molecule is CC(CC(F)(F)F)Nc1ccc(N)cc1C#N. The van der Waals surface area contributed by atoms with Crippen molar-refractivity contribution in [1.29, 1.82) is 5.26 Å².